The molecule has 0 atom stereocenters. The second-order valence-corrected chi connectivity index (χ2v) is 5.65. The van der Waals surface area contributed by atoms with E-state index in [0.717, 1.165) is 0 Å². The van der Waals surface area contributed by atoms with Crippen molar-refractivity contribution in [1.29, 1.82) is 0 Å². The first-order valence-corrected chi connectivity index (χ1v) is 8.09. The van der Waals surface area contributed by atoms with Gasteiger partial charge in [0.15, 0.2) is 0 Å². The van der Waals surface area contributed by atoms with E-state index in [1.165, 1.54) is 82.0 Å². The lowest BCUT2D eigenvalue weighted by atomic mass is 10.1. The zero-order valence-corrected chi connectivity index (χ0v) is 16.2. The van der Waals surface area contributed by atoms with Gasteiger partial charge in [0.25, 0.3) is 0 Å². The quantitative estimate of drug-likeness (QED) is 0.340. The Labute approximate surface area is 139 Å². The molecule has 0 aromatic rings. The molecule has 0 saturated heterocycles. The van der Waals surface area contributed by atoms with E-state index in [0.29, 0.717) is 0 Å². The van der Waals surface area contributed by atoms with E-state index in [9.17, 15) is 0 Å². The van der Waals surface area contributed by atoms with E-state index in [1.54, 1.807) is 0 Å². The van der Waals surface area contributed by atoms with Crippen molar-refractivity contribution in [3.05, 3.63) is 0 Å². The van der Waals surface area contributed by atoms with Crippen LogP contribution in [0.1, 0.15) is 79.1 Å². The van der Waals surface area contributed by atoms with Crippen LogP contribution < -0.4 is 0 Å². The minimum Gasteiger partial charge on any atom is -0.412 e. The molecule has 0 spiro atoms. The molecule has 0 radical (unpaired) electrons. The van der Waals surface area contributed by atoms with Crippen molar-refractivity contribution in [2.75, 3.05) is 26.2 Å². The number of nitrogens with zero attached hydrogens (tertiary/aromatic N) is 1. The van der Waals surface area contributed by atoms with Gasteiger partial charge in [0.1, 0.15) is 0 Å². The highest BCUT2D eigenvalue weighted by Gasteiger charge is 2.24. The Balaban J connectivity index is -0.00000128. The van der Waals surface area contributed by atoms with Crippen LogP contribution in [0, 0.1) is 0 Å². The Morgan fingerprint density at radius 3 is 0.895 bits per heavy atom. The zero-order chi connectivity index (χ0) is 13.0. The van der Waals surface area contributed by atoms with Crippen LogP contribution in [0.5, 0.6) is 0 Å². The highest BCUT2D eigenvalue weighted by molar-refractivity contribution is 14.0. The lowest BCUT2D eigenvalue weighted by Gasteiger charge is -2.39. The van der Waals surface area contributed by atoms with Gasteiger partial charge in [0.2, 0.25) is 0 Å². The number of quaternary nitrogens is 1. The van der Waals surface area contributed by atoms with Crippen molar-refractivity contribution in [2.45, 2.75) is 79.1 Å². The average Bonchev–Trinajstić information content (AvgIpc) is 2.37. The van der Waals surface area contributed by atoms with Crippen LogP contribution in [0.2, 0.25) is 0 Å². The fourth-order valence-electron chi connectivity index (χ4n) is 2.64. The Morgan fingerprint density at radius 2 is 0.737 bits per heavy atom. The molecule has 0 amide bonds. The molecule has 0 rings (SSSR count). The van der Waals surface area contributed by atoms with Crippen LogP contribution in [-0.4, -0.2) is 36.1 Å². The molecule has 0 aliphatic rings. The maximum absolute atomic E-state index is 2.33. The zero-order valence-electron chi connectivity index (χ0n) is 13.8. The largest absolute Gasteiger partial charge is 0.412 e. The first kappa shape index (κ1) is 24.7. The minimum absolute atomic E-state index is 0. The van der Waals surface area contributed by atoms with Crippen LogP contribution in [0.4, 0.5) is 0 Å². The molecule has 19 heavy (non-hydrogen) atoms. The van der Waals surface area contributed by atoms with Gasteiger partial charge in [-0.25, -0.2) is 0 Å². The van der Waals surface area contributed by atoms with Gasteiger partial charge in [-0.15, -0.1) is 24.0 Å². The highest BCUT2D eigenvalue weighted by Crippen LogP contribution is 2.16. The molecular weight excluding hydrogens is 349 g/mol. The Morgan fingerprint density at radius 1 is 0.526 bits per heavy atom. The number of rotatable bonds is 12. The molecule has 0 aliphatic carbocycles. The summed E-state index contributed by atoms with van der Waals surface area (Å²) in [6, 6.07) is 0. The number of unbranched alkanes of at least 4 members (excludes halogenated alkanes) is 4. The molecule has 2 nitrogen and oxygen atoms in total. The summed E-state index contributed by atoms with van der Waals surface area (Å²) in [6.07, 6.45) is 11.1. The van der Waals surface area contributed by atoms with Crippen LogP contribution in [-0.2, 0) is 0 Å². The topological polar surface area (TPSA) is 31.5 Å². The summed E-state index contributed by atoms with van der Waals surface area (Å²) >= 11 is 0. The SMILES string of the molecule is CCCC[N+](CCCC)(CCCC)CCCC.I.O. The van der Waals surface area contributed by atoms with Crippen LogP contribution in [0.25, 0.3) is 0 Å². The van der Waals surface area contributed by atoms with Gasteiger partial charge < -0.3 is 9.96 Å². The van der Waals surface area contributed by atoms with Crippen LogP contribution in [0.15, 0.2) is 0 Å². The number of hydrogen-bond donors (Lipinski definition) is 0. The Hall–Kier alpha value is 0.650. The molecular formula is C16H39INO+. The Kier molecular flexibility index (Phi) is 21.7. The molecule has 0 bridgehead atoms. The normalized spacial score (nSPS) is 10.7. The molecule has 0 aromatic heterocycles. The maximum Gasteiger partial charge on any atom is 0.0786 e. The highest BCUT2D eigenvalue weighted by atomic mass is 127. The van der Waals surface area contributed by atoms with Crippen LogP contribution >= 0.6 is 24.0 Å². The van der Waals surface area contributed by atoms with E-state index in [-0.39, 0.29) is 29.5 Å². The lowest BCUT2D eigenvalue weighted by Crippen LogP contribution is -2.50. The predicted molar refractivity (Wildman–Crippen MR) is 98.4 cm³/mol. The van der Waals surface area contributed by atoms with Gasteiger partial charge in [0.05, 0.1) is 26.2 Å². The van der Waals surface area contributed by atoms with E-state index in [1.807, 2.05) is 0 Å². The number of halogens is 1. The van der Waals surface area contributed by atoms with E-state index < -0.39 is 0 Å². The maximum atomic E-state index is 2.33. The molecule has 2 N–H and O–H groups in total. The summed E-state index contributed by atoms with van der Waals surface area (Å²) < 4.78 is 1.42. The average molecular weight is 388 g/mol. The Bertz CT molecular complexity index is 127. The van der Waals surface area contributed by atoms with E-state index in [4.69, 9.17) is 0 Å². The molecule has 3 heteroatoms. The summed E-state index contributed by atoms with van der Waals surface area (Å²) in [5.74, 6) is 0. The predicted octanol–water partition coefficient (Wildman–Crippen LogP) is 4.80. The molecule has 0 heterocycles. The van der Waals surface area contributed by atoms with Crippen LogP contribution in [0.3, 0.4) is 0 Å². The summed E-state index contributed by atoms with van der Waals surface area (Å²) in [5, 5.41) is 0. The van der Waals surface area contributed by atoms with E-state index in [2.05, 4.69) is 27.7 Å². The standard InChI is InChI=1S/C16H36N.HI.H2O/c1-5-9-13-17(14-10-6-2,15-11-7-3)16-12-8-4;;/h5-16H2,1-4H3;1H;1H2/q+1;;. The van der Waals surface area contributed by atoms with Gasteiger partial charge in [0, 0.05) is 0 Å². The minimum atomic E-state index is 0. The fourth-order valence-corrected chi connectivity index (χ4v) is 2.64. The second-order valence-electron chi connectivity index (χ2n) is 5.65. The van der Waals surface area contributed by atoms with Gasteiger partial charge in [-0.05, 0) is 25.7 Å². The summed E-state index contributed by atoms with van der Waals surface area (Å²) in [7, 11) is 0. The molecule has 0 aromatic carbocycles. The summed E-state index contributed by atoms with van der Waals surface area (Å²) in [5.41, 5.74) is 0. The smallest absolute Gasteiger partial charge is 0.0786 e. The second kappa shape index (κ2) is 16.7. The monoisotopic (exact) mass is 388 g/mol. The summed E-state index contributed by atoms with van der Waals surface area (Å²) in [4.78, 5) is 0. The third kappa shape index (κ3) is 12.1. The van der Waals surface area contributed by atoms with E-state index >= 15 is 0 Å². The summed E-state index contributed by atoms with van der Waals surface area (Å²) in [6.45, 7) is 15.0. The third-order valence-electron chi connectivity index (χ3n) is 3.94. The molecule has 0 fully saturated rings. The first-order valence-electron chi connectivity index (χ1n) is 8.09. The molecule has 0 aliphatic heterocycles. The number of hydrogen-bond acceptors (Lipinski definition) is 0. The molecule has 0 saturated carbocycles. The molecule has 0 unspecified atom stereocenters. The van der Waals surface area contributed by atoms with Crippen molar-refractivity contribution in [1.82, 2.24) is 0 Å². The lowest BCUT2D eigenvalue weighted by molar-refractivity contribution is -0.929. The van der Waals surface area contributed by atoms with Gasteiger partial charge in [-0.3, -0.25) is 0 Å². The molecule has 120 valence electrons. The van der Waals surface area contributed by atoms with Crippen molar-refractivity contribution in [2.24, 2.45) is 0 Å². The fraction of sp³-hybridized carbons (Fsp3) is 1.00. The van der Waals surface area contributed by atoms with Crippen molar-refractivity contribution < 1.29 is 9.96 Å². The van der Waals surface area contributed by atoms with Crippen molar-refractivity contribution in [3.63, 3.8) is 0 Å². The third-order valence-corrected chi connectivity index (χ3v) is 3.94. The van der Waals surface area contributed by atoms with Gasteiger partial charge >= 0.3 is 0 Å². The van der Waals surface area contributed by atoms with Crippen molar-refractivity contribution >= 4 is 24.0 Å². The van der Waals surface area contributed by atoms with Crippen molar-refractivity contribution in [3.8, 4) is 0 Å². The van der Waals surface area contributed by atoms with Gasteiger partial charge in [-0.1, -0.05) is 53.4 Å². The first-order chi connectivity index (χ1) is 8.24. The van der Waals surface area contributed by atoms with Gasteiger partial charge in [-0.2, -0.15) is 0 Å².